The van der Waals surface area contributed by atoms with Crippen molar-refractivity contribution >= 4 is 31.4 Å². The van der Waals surface area contributed by atoms with E-state index >= 15 is 0 Å². The largest absolute Gasteiger partial charge is 0.543 e. The number of imide groups is 1. The third-order valence-electron chi connectivity index (χ3n) is 9.71. The van der Waals surface area contributed by atoms with E-state index in [1.807, 2.05) is 50.2 Å². The number of amides is 2. The van der Waals surface area contributed by atoms with Gasteiger partial charge in [-0.25, -0.2) is 0 Å². The fraction of sp³-hybridized carbons (Fsp3) is 0.529. The second-order valence-electron chi connectivity index (χ2n) is 13.4. The average molecular weight is 576 g/mol. The number of hydrogen-bond donors (Lipinski definition) is 0. The molecule has 0 saturated carbocycles. The Kier molecular flexibility index (Phi) is 7.75. The molecule has 0 unspecified atom stereocenters. The van der Waals surface area contributed by atoms with Gasteiger partial charge in [-0.05, 0) is 60.3 Å². The summed E-state index contributed by atoms with van der Waals surface area (Å²) in [6, 6.07) is 15.4. The van der Waals surface area contributed by atoms with Gasteiger partial charge in [0.15, 0.2) is 0 Å². The number of nitrogens with zero attached hydrogens (tertiary/aromatic N) is 1. The first kappa shape index (κ1) is 29.6. The molecular formula is C34H45NO5Si. The molecule has 0 aromatic heterocycles. The van der Waals surface area contributed by atoms with Crippen molar-refractivity contribution < 1.29 is 23.5 Å². The van der Waals surface area contributed by atoms with Crippen molar-refractivity contribution in [1.29, 1.82) is 0 Å². The highest BCUT2D eigenvalue weighted by molar-refractivity contribution is 6.78. The van der Waals surface area contributed by atoms with Gasteiger partial charge in [0.2, 0.25) is 11.8 Å². The van der Waals surface area contributed by atoms with Crippen LogP contribution in [0.4, 0.5) is 5.69 Å². The number of ether oxygens (including phenoxy) is 2. The zero-order valence-electron chi connectivity index (χ0n) is 25.9. The molecule has 0 spiro atoms. The van der Waals surface area contributed by atoms with E-state index in [2.05, 4.69) is 59.8 Å². The quantitative estimate of drug-likeness (QED) is 0.241. The van der Waals surface area contributed by atoms with Gasteiger partial charge in [-0.15, -0.1) is 0 Å². The number of para-hydroxylation sites is 1. The summed E-state index contributed by atoms with van der Waals surface area (Å²) < 4.78 is 19.3. The van der Waals surface area contributed by atoms with Gasteiger partial charge in [-0.3, -0.25) is 14.5 Å². The van der Waals surface area contributed by atoms with Crippen molar-refractivity contribution in [2.24, 2.45) is 23.7 Å². The predicted molar refractivity (Wildman–Crippen MR) is 166 cm³/mol. The lowest BCUT2D eigenvalue weighted by molar-refractivity contribution is -0.126. The third kappa shape index (κ3) is 4.65. The fourth-order valence-corrected chi connectivity index (χ4v) is 13.4. The second kappa shape index (κ2) is 10.7. The smallest absolute Gasteiger partial charge is 0.258 e. The SMILES string of the molecule is COC[C@H]1C=C2c3ccc(O[Si](C(C)C)(C(C)C)C(C)C)cc3OC(C)(C)[C@H]2[C@H]2C(=O)N(c3ccccc3)C(=O)[C@H]21. The molecule has 1 aliphatic carbocycles. The Labute approximate surface area is 246 Å². The van der Waals surface area contributed by atoms with E-state index in [0.29, 0.717) is 28.9 Å². The van der Waals surface area contributed by atoms with Crippen molar-refractivity contribution in [3.63, 3.8) is 0 Å². The molecule has 1 saturated heterocycles. The highest BCUT2D eigenvalue weighted by Gasteiger charge is 2.61. The standard InChI is InChI=1S/C34H45NO5Si/c1-20(2)41(21(3)4,22(5)6)40-25-15-16-26-27-17-23(19-38-9)29-30(31(27)34(7,8)39-28(26)18-25)33(37)35(32(29)36)24-13-11-10-12-14-24/h10-18,20-23,29-31H,19H2,1-9H3/t23-,29+,30+,31-/m1/s1. The van der Waals surface area contributed by atoms with Crippen LogP contribution in [0.1, 0.15) is 61.0 Å². The van der Waals surface area contributed by atoms with Gasteiger partial charge in [-0.1, -0.05) is 65.8 Å². The van der Waals surface area contributed by atoms with Crippen LogP contribution in [0.25, 0.3) is 5.57 Å². The molecule has 0 N–H and O–H groups in total. The van der Waals surface area contributed by atoms with Crippen LogP contribution in [0.5, 0.6) is 11.5 Å². The molecule has 220 valence electrons. The Morgan fingerprint density at radius 2 is 1.51 bits per heavy atom. The van der Waals surface area contributed by atoms with Crippen LogP contribution in [-0.4, -0.2) is 39.4 Å². The highest BCUT2D eigenvalue weighted by atomic mass is 28.4. The molecule has 3 aliphatic rings. The van der Waals surface area contributed by atoms with Gasteiger partial charge in [0.05, 0.1) is 24.1 Å². The predicted octanol–water partition coefficient (Wildman–Crippen LogP) is 7.49. The van der Waals surface area contributed by atoms with E-state index in [9.17, 15) is 9.59 Å². The van der Waals surface area contributed by atoms with Crippen LogP contribution in [0.15, 0.2) is 54.6 Å². The summed E-state index contributed by atoms with van der Waals surface area (Å²) in [6.07, 6.45) is 2.17. The molecule has 5 rings (SSSR count). The van der Waals surface area contributed by atoms with E-state index in [-0.39, 0.29) is 23.7 Å². The van der Waals surface area contributed by atoms with Crippen molar-refractivity contribution in [3.8, 4) is 11.5 Å². The van der Waals surface area contributed by atoms with Crippen molar-refractivity contribution in [2.75, 3.05) is 18.6 Å². The van der Waals surface area contributed by atoms with E-state index in [1.165, 1.54) is 4.90 Å². The lowest BCUT2D eigenvalue weighted by Crippen LogP contribution is -2.51. The monoisotopic (exact) mass is 575 g/mol. The van der Waals surface area contributed by atoms with E-state index < -0.39 is 25.8 Å². The summed E-state index contributed by atoms with van der Waals surface area (Å²) in [5.74, 6) is -0.257. The second-order valence-corrected chi connectivity index (χ2v) is 18.8. The zero-order valence-corrected chi connectivity index (χ0v) is 26.9. The minimum absolute atomic E-state index is 0.161. The maximum absolute atomic E-state index is 14.1. The molecule has 2 aromatic rings. The van der Waals surface area contributed by atoms with Crippen molar-refractivity contribution in [3.05, 3.63) is 60.2 Å². The molecular weight excluding hydrogens is 530 g/mol. The molecule has 0 bridgehead atoms. The van der Waals surface area contributed by atoms with E-state index in [0.717, 1.165) is 22.6 Å². The Morgan fingerprint density at radius 3 is 2.10 bits per heavy atom. The van der Waals surface area contributed by atoms with E-state index in [4.69, 9.17) is 13.9 Å². The maximum Gasteiger partial charge on any atom is 0.258 e. The maximum atomic E-state index is 14.1. The van der Waals surface area contributed by atoms with E-state index in [1.54, 1.807) is 7.11 Å². The molecule has 0 radical (unpaired) electrons. The summed E-state index contributed by atoms with van der Waals surface area (Å²) >= 11 is 0. The molecule has 2 aromatic carbocycles. The summed E-state index contributed by atoms with van der Waals surface area (Å²) in [4.78, 5) is 29.4. The van der Waals surface area contributed by atoms with Crippen molar-refractivity contribution in [1.82, 2.24) is 0 Å². The molecule has 6 nitrogen and oxygen atoms in total. The molecule has 2 aliphatic heterocycles. The summed E-state index contributed by atoms with van der Waals surface area (Å²) in [5.41, 5.74) is 3.26. The van der Waals surface area contributed by atoms with Crippen LogP contribution < -0.4 is 14.1 Å². The normalized spacial score (nSPS) is 25.2. The molecule has 4 atom stereocenters. The molecule has 2 heterocycles. The van der Waals surface area contributed by atoms with Crippen LogP contribution in [0, 0.1) is 23.7 Å². The number of fused-ring (bicyclic) bond motifs is 5. The fourth-order valence-electron chi connectivity index (χ4n) is 8.18. The third-order valence-corrected chi connectivity index (χ3v) is 15.7. The Hall–Kier alpha value is -2.90. The Morgan fingerprint density at radius 1 is 0.902 bits per heavy atom. The topological polar surface area (TPSA) is 65.1 Å². The minimum Gasteiger partial charge on any atom is -0.543 e. The van der Waals surface area contributed by atoms with Crippen molar-refractivity contribution in [2.45, 2.75) is 77.6 Å². The van der Waals surface area contributed by atoms with Crippen LogP contribution >= 0.6 is 0 Å². The lowest BCUT2D eigenvalue weighted by Gasteiger charge is -2.48. The lowest BCUT2D eigenvalue weighted by atomic mass is 9.61. The number of anilines is 1. The molecule has 1 fully saturated rings. The Balaban J connectivity index is 1.59. The number of hydrogen-bond acceptors (Lipinski definition) is 5. The van der Waals surface area contributed by atoms with Gasteiger partial charge < -0.3 is 13.9 Å². The number of carbonyl (C=O) groups excluding carboxylic acids is 2. The van der Waals surface area contributed by atoms with Gasteiger partial charge >= 0.3 is 0 Å². The zero-order chi connectivity index (χ0) is 29.9. The van der Waals surface area contributed by atoms with Gasteiger partial charge in [-0.2, -0.15) is 0 Å². The van der Waals surface area contributed by atoms with Crippen LogP contribution in [-0.2, 0) is 14.3 Å². The summed E-state index contributed by atoms with van der Waals surface area (Å²) in [7, 11) is -0.506. The summed E-state index contributed by atoms with van der Waals surface area (Å²) in [5, 5.41) is 0. The van der Waals surface area contributed by atoms with Crippen LogP contribution in [0.2, 0.25) is 16.6 Å². The Bertz CT molecular complexity index is 1330. The number of benzene rings is 2. The molecule has 7 heteroatoms. The number of methoxy groups -OCH3 is 1. The van der Waals surface area contributed by atoms with Gasteiger partial charge in [0, 0.05) is 30.6 Å². The van der Waals surface area contributed by atoms with Gasteiger partial charge in [0.1, 0.15) is 17.1 Å². The number of rotatable bonds is 8. The first-order valence-electron chi connectivity index (χ1n) is 15.0. The first-order valence-corrected chi connectivity index (χ1v) is 17.1. The average Bonchev–Trinajstić information content (AvgIpc) is 3.16. The molecule has 41 heavy (non-hydrogen) atoms. The number of carbonyl (C=O) groups is 2. The first-order chi connectivity index (χ1) is 19.3. The summed E-state index contributed by atoms with van der Waals surface area (Å²) in [6.45, 7) is 18.1. The minimum atomic E-state index is -2.15. The van der Waals surface area contributed by atoms with Gasteiger partial charge in [0.25, 0.3) is 8.32 Å². The van der Waals surface area contributed by atoms with Crippen LogP contribution in [0.3, 0.4) is 0 Å². The molecule has 2 amide bonds. The highest BCUT2D eigenvalue weighted by Crippen LogP contribution is 2.57.